The van der Waals surface area contributed by atoms with Gasteiger partial charge in [0, 0.05) is 5.69 Å². The highest BCUT2D eigenvalue weighted by molar-refractivity contribution is 5.96. The molecule has 0 unspecified atom stereocenters. The van der Waals surface area contributed by atoms with Crippen LogP contribution in [0.5, 0.6) is 11.5 Å². The van der Waals surface area contributed by atoms with Crippen LogP contribution < -0.4 is 10.5 Å². The monoisotopic (exact) mass is 285 g/mol. The number of nitrogen functional groups attached to an aromatic ring is 1. The normalized spacial score (nSPS) is 10.2. The Morgan fingerprint density at radius 2 is 1.95 bits per heavy atom. The fourth-order valence-corrected chi connectivity index (χ4v) is 2.07. The standard InChI is InChI=1S/C17H19NO3/c1-4-12-6-5-7-13(9-12)21-14-8-11(2)16(18)15(10-14)17(19)20-3/h5-10H,4,18H2,1-3H3. The number of hydrogen-bond acceptors (Lipinski definition) is 4. The third-order valence-corrected chi connectivity index (χ3v) is 3.31. The first-order valence-corrected chi connectivity index (χ1v) is 6.80. The van der Waals surface area contributed by atoms with Crippen LogP contribution in [0, 0.1) is 6.92 Å². The van der Waals surface area contributed by atoms with E-state index in [1.54, 1.807) is 12.1 Å². The molecule has 4 heteroatoms. The van der Waals surface area contributed by atoms with Gasteiger partial charge in [0.1, 0.15) is 11.5 Å². The first-order valence-electron chi connectivity index (χ1n) is 6.80. The second kappa shape index (κ2) is 6.31. The van der Waals surface area contributed by atoms with Crippen LogP contribution in [-0.4, -0.2) is 13.1 Å². The van der Waals surface area contributed by atoms with Crippen molar-refractivity contribution in [2.75, 3.05) is 12.8 Å². The molecular weight excluding hydrogens is 266 g/mol. The Hall–Kier alpha value is -2.49. The SMILES string of the molecule is CCc1cccc(Oc2cc(C)c(N)c(C(=O)OC)c2)c1. The molecule has 110 valence electrons. The number of aryl methyl sites for hydroxylation is 2. The molecule has 2 N–H and O–H groups in total. The lowest BCUT2D eigenvalue weighted by Crippen LogP contribution is -2.07. The molecule has 0 spiro atoms. The van der Waals surface area contributed by atoms with Gasteiger partial charge >= 0.3 is 5.97 Å². The Morgan fingerprint density at radius 3 is 2.62 bits per heavy atom. The number of esters is 1. The van der Waals surface area contributed by atoms with Crippen LogP contribution in [-0.2, 0) is 11.2 Å². The second-order valence-electron chi connectivity index (χ2n) is 4.80. The number of benzene rings is 2. The van der Waals surface area contributed by atoms with Crippen molar-refractivity contribution in [2.45, 2.75) is 20.3 Å². The lowest BCUT2D eigenvalue weighted by Gasteiger charge is -2.12. The predicted molar refractivity (Wildman–Crippen MR) is 82.8 cm³/mol. The Morgan fingerprint density at radius 1 is 1.19 bits per heavy atom. The van der Waals surface area contributed by atoms with Crippen LogP contribution in [0.15, 0.2) is 36.4 Å². The average Bonchev–Trinajstić information content (AvgIpc) is 2.50. The van der Waals surface area contributed by atoms with Crippen molar-refractivity contribution in [3.8, 4) is 11.5 Å². The van der Waals surface area contributed by atoms with E-state index >= 15 is 0 Å². The van der Waals surface area contributed by atoms with Crippen molar-refractivity contribution in [1.82, 2.24) is 0 Å². The summed E-state index contributed by atoms with van der Waals surface area (Å²) in [4.78, 5) is 11.7. The summed E-state index contributed by atoms with van der Waals surface area (Å²) in [7, 11) is 1.33. The zero-order chi connectivity index (χ0) is 15.4. The van der Waals surface area contributed by atoms with Crippen LogP contribution in [0.3, 0.4) is 0 Å². The van der Waals surface area contributed by atoms with E-state index in [-0.39, 0.29) is 0 Å². The van der Waals surface area contributed by atoms with Crippen LogP contribution >= 0.6 is 0 Å². The van der Waals surface area contributed by atoms with Gasteiger partial charge in [0.05, 0.1) is 12.7 Å². The van der Waals surface area contributed by atoms with E-state index in [4.69, 9.17) is 15.2 Å². The summed E-state index contributed by atoms with van der Waals surface area (Å²) in [6.07, 6.45) is 0.936. The Kier molecular flexibility index (Phi) is 4.48. The molecule has 2 aromatic rings. The molecule has 0 saturated carbocycles. The fourth-order valence-electron chi connectivity index (χ4n) is 2.07. The second-order valence-corrected chi connectivity index (χ2v) is 4.80. The summed E-state index contributed by atoms with van der Waals surface area (Å²) in [5.74, 6) is 0.827. The van der Waals surface area contributed by atoms with Gasteiger partial charge in [0.2, 0.25) is 0 Å². The van der Waals surface area contributed by atoms with Crippen LogP contribution in [0.4, 0.5) is 5.69 Å². The molecule has 0 atom stereocenters. The Labute approximate surface area is 124 Å². The number of hydrogen-bond donors (Lipinski definition) is 1. The van der Waals surface area contributed by atoms with Crippen LogP contribution in [0.25, 0.3) is 0 Å². The molecule has 0 aliphatic carbocycles. The van der Waals surface area contributed by atoms with Gasteiger partial charge in [-0.2, -0.15) is 0 Å². The van der Waals surface area contributed by atoms with E-state index in [9.17, 15) is 4.79 Å². The van der Waals surface area contributed by atoms with E-state index < -0.39 is 5.97 Å². The molecule has 0 bridgehead atoms. The van der Waals surface area contributed by atoms with Crippen molar-refractivity contribution in [2.24, 2.45) is 0 Å². The molecular formula is C17H19NO3. The van der Waals surface area contributed by atoms with Gasteiger partial charge in [-0.15, -0.1) is 0 Å². The Bertz CT molecular complexity index is 665. The lowest BCUT2D eigenvalue weighted by atomic mass is 10.1. The van der Waals surface area contributed by atoms with Gasteiger partial charge in [0.15, 0.2) is 0 Å². The minimum atomic E-state index is -0.469. The summed E-state index contributed by atoms with van der Waals surface area (Å²) < 4.78 is 10.6. The van der Waals surface area contributed by atoms with E-state index in [2.05, 4.69) is 6.92 Å². The number of carbonyl (C=O) groups excluding carboxylic acids is 1. The first kappa shape index (κ1) is 14.9. The molecule has 4 nitrogen and oxygen atoms in total. The summed E-state index contributed by atoms with van der Waals surface area (Å²) in [6, 6.07) is 11.2. The minimum Gasteiger partial charge on any atom is -0.465 e. The first-order chi connectivity index (χ1) is 10.0. The van der Waals surface area contributed by atoms with Crippen LogP contribution in [0.1, 0.15) is 28.4 Å². The predicted octanol–water partition coefficient (Wildman–Crippen LogP) is 3.72. The van der Waals surface area contributed by atoms with Crippen molar-refractivity contribution in [3.63, 3.8) is 0 Å². The highest BCUT2D eigenvalue weighted by atomic mass is 16.5. The zero-order valence-electron chi connectivity index (χ0n) is 12.5. The van der Waals surface area contributed by atoms with Crippen molar-refractivity contribution < 1.29 is 14.3 Å². The molecule has 2 rings (SSSR count). The van der Waals surface area contributed by atoms with Gasteiger partial charge in [-0.25, -0.2) is 4.79 Å². The van der Waals surface area contributed by atoms with Gasteiger partial charge in [0.25, 0.3) is 0 Å². The van der Waals surface area contributed by atoms with E-state index in [1.165, 1.54) is 12.7 Å². The molecule has 0 amide bonds. The number of nitrogens with two attached hydrogens (primary N) is 1. The molecule has 0 aliphatic rings. The maximum atomic E-state index is 11.7. The number of carbonyl (C=O) groups is 1. The molecule has 0 fully saturated rings. The smallest absolute Gasteiger partial charge is 0.340 e. The molecule has 21 heavy (non-hydrogen) atoms. The van der Waals surface area contributed by atoms with E-state index in [0.717, 1.165) is 17.7 Å². The summed E-state index contributed by atoms with van der Waals surface area (Å²) in [5, 5.41) is 0. The topological polar surface area (TPSA) is 61.5 Å². The quantitative estimate of drug-likeness (QED) is 0.687. The molecule has 0 saturated heterocycles. The molecule has 2 aromatic carbocycles. The van der Waals surface area contributed by atoms with Crippen LogP contribution in [0.2, 0.25) is 0 Å². The molecule has 0 aliphatic heterocycles. The van der Waals surface area contributed by atoms with E-state index in [0.29, 0.717) is 17.0 Å². The minimum absolute atomic E-state index is 0.319. The number of methoxy groups -OCH3 is 1. The third kappa shape index (κ3) is 3.34. The van der Waals surface area contributed by atoms with Crippen molar-refractivity contribution in [3.05, 3.63) is 53.1 Å². The lowest BCUT2D eigenvalue weighted by molar-refractivity contribution is 0.0601. The van der Waals surface area contributed by atoms with Gasteiger partial charge in [-0.3, -0.25) is 0 Å². The summed E-state index contributed by atoms with van der Waals surface area (Å²) in [5.41, 5.74) is 8.61. The zero-order valence-corrected chi connectivity index (χ0v) is 12.5. The summed E-state index contributed by atoms with van der Waals surface area (Å²) in [6.45, 7) is 3.92. The molecule has 0 heterocycles. The highest BCUT2D eigenvalue weighted by Crippen LogP contribution is 2.29. The van der Waals surface area contributed by atoms with Crippen molar-refractivity contribution in [1.29, 1.82) is 0 Å². The van der Waals surface area contributed by atoms with Gasteiger partial charge in [-0.05, 0) is 48.7 Å². The molecule has 0 aromatic heterocycles. The third-order valence-electron chi connectivity index (χ3n) is 3.31. The van der Waals surface area contributed by atoms with Crippen molar-refractivity contribution >= 4 is 11.7 Å². The molecule has 0 radical (unpaired) electrons. The average molecular weight is 285 g/mol. The summed E-state index contributed by atoms with van der Waals surface area (Å²) >= 11 is 0. The number of rotatable bonds is 4. The van der Waals surface area contributed by atoms with E-state index in [1.807, 2.05) is 31.2 Å². The Balaban J connectivity index is 2.36. The number of anilines is 1. The maximum absolute atomic E-state index is 11.7. The largest absolute Gasteiger partial charge is 0.465 e. The van der Waals surface area contributed by atoms with Gasteiger partial charge < -0.3 is 15.2 Å². The van der Waals surface area contributed by atoms with Gasteiger partial charge in [-0.1, -0.05) is 19.1 Å². The highest BCUT2D eigenvalue weighted by Gasteiger charge is 2.14. The maximum Gasteiger partial charge on any atom is 0.340 e. The number of ether oxygens (including phenoxy) is 2. The fraction of sp³-hybridized carbons (Fsp3) is 0.235.